The molecular formula is C26H54O6S. The largest absolute Gasteiger partial charge is 0.379 e. The van der Waals surface area contributed by atoms with Crippen LogP contribution in [0.3, 0.4) is 0 Å². The molecule has 0 amide bonds. The molecule has 6 nitrogen and oxygen atoms in total. The Bertz CT molecular complexity index is 483. The normalized spacial score (nSPS) is 12.9. The van der Waals surface area contributed by atoms with Crippen LogP contribution in [-0.4, -0.2) is 51.4 Å². The molecule has 0 aromatic heterocycles. The molecule has 1 unspecified atom stereocenters. The molecule has 0 aromatic rings. The van der Waals surface area contributed by atoms with Crippen LogP contribution in [0, 0.1) is 0 Å². The molecule has 0 aliphatic rings. The lowest BCUT2D eigenvalue weighted by Gasteiger charge is -2.15. The SMILES string of the molecule is CCCCCCCCCCCCCCCCCCCCOC(COCCOCC)S(=O)(=O)O. The van der Waals surface area contributed by atoms with E-state index in [9.17, 15) is 13.0 Å². The zero-order chi connectivity index (χ0) is 24.5. The van der Waals surface area contributed by atoms with E-state index in [4.69, 9.17) is 14.2 Å². The molecule has 200 valence electrons. The van der Waals surface area contributed by atoms with Gasteiger partial charge in [0.15, 0.2) is 0 Å². The molecule has 0 rings (SSSR count). The molecule has 0 aliphatic heterocycles. The van der Waals surface area contributed by atoms with Gasteiger partial charge in [0.2, 0.25) is 5.44 Å². The van der Waals surface area contributed by atoms with Crippen LogP contribution in [-0.2, 0) is 24.3 Å². The summed E-state index contributed by atoms with van der Waals surface area (Å²) in [4.78, 5) is 0. The van der Waals surface area contributed by atoms with Crippen molar-refractivity contribution >= 4 is 10.1 Å². The molecule has 0 aromatic carbocycles. The maximum Gasteiger partial charge on any atom is 0.294 e. The minimum absolute atomic E-state index is 0.176. The van der Waals surface area contributed by atoms with Crippen molar-refractivity contribution in [2.75, 3.05) is 33.0 Å². The van der Waals surface area contributed by atoms with E-state index in [1.54, 1.807) is 0 Å². The molecule has 33 heavy (non-hydrogen) atoms. The van der Waals surface area contributed by atoms with Gasteiger partial charge < -0.3 is 14.2 Å². The van der Waals surface area contributed by atoms with Gasteiger partial charge in [0.05, 0.1) is 19.8 Å². The standard InChI is InChI=1S/C26H54O6S/c1-3-5-6-7-8-9-10-11-12-13-14-15-16-17-18-19-20-21-22-32-26(33(27,28)29)25-31-24-23-30-4-2/h26H,3-25H2,1-2H3,(H,27,28,29). The fourth-order valence-electron chi connectivity index (χ4n) is 3.88. The lowest BCUT2D eigenvalue weighted by Crippen LogP contribution is -2.30. The maximum atomic E-state index is 11.4. The fourth-order valence-corrected chi connectivity index (χ4v) is 4.42. The van der Waals surface area contributed by atoms with Crippen molar-refractivity contribution in [1.82, 2.24) is 0 Å². The van der Waals surface area contributed by atoms with Gasteiger partial charge >= 0.3 is 0 Å². The van der Waals surface area contributed by atoms with Gasteiger partial charge in [-0.3, -0.25) is 4.55 Å². The summed E-state index contributed by atoms with van der Waals surface area (Å²) >= 11 is 0. The first-order valence-electron chi connectivity index (χ1n) is 13.8. The quantitative estimate of drug-likeness (QED) is 0.0952. The number of ether oxygens (including phenoxy) is 3. The highest BCUT2D eigenvalue weighted by Crippen LogP contribution is 2.14. The minimum Gasteiger partial charge on any atom is -0.379 e. The van der Waals surface area contributed by atoms with Crippen molar-refractivity contribution in [1.29, 1.82) is 0 Å². The van der Waals surface area contributed by atoms with E-state index in [0.717, 1.165) is 19.3 Å². The Balaban J connectivity index is 3.40. The summed E-state index contributed by atoms with van der Waals surface area (Å²) in [5.41, 5.74) is -1.31. The summed E-state index contributed by atoms with van der Waals surface area (Å²) in [6.07, 6.45) is 23.5. The molecule has 0 aliphatic carbocycles. The first-order chi connectivity index (χ1) is 16.0. The first-order valence-corrected chi connectivity index (χ1v) is 15.3. The highest BCUT2D eigenvalue weighted by Gasteiger charge is 2.23. The van der Waals surface area contributed by atoms with E-state index < -0.39 is 15.6 Å². The Morgan fingerprint density at radius 1 is 0.576 bits per heavy atom. The number of unbranched alkanes of at least 4 members (excludes halogenated alkanes) is 17. The number of hydrogen-bond donors (Lipinski definition) is 1. The van der Waals surface area contributed by atoms with Crippen molar-refractivity contribution in [3.05, 3.63) is 0 Å². The van der Waals surface area contributed by atoms with Crippen molar-refractivity contribution in [2.45, 2.75) is 135 Å². The second-order valence-corrected chi connectivity index (χ2v) is 10.7. The van der Waals surface area contributed by atoms with Crippen molar-refractivity contribution in [2.24, 2.45) is 0 Å². The number of rotatable bonds is 27. The minimum atomic E-state index is -4.27. The van der Waals surface area contributed by atoms with E-state index in [1.807, 2.05) is 6.92 Å². The smallest absolute Gasteiger partial charge is 0.294 e. The Morgan fingerprint density at radius 2 is 0.970 bits per heavy atom. The lowest BCUT2D eigenvalue weighted by molar-refractivity contribution is -0.00223. The molecule has 0 saturated heterocycles. The average molecular weight is 495 g/mol. The Morgan fingerprint density at radius 3 is 1.36 bits per heavy atom. The third-order valence-electron chi connectivity index (χ3n) is 5.96. The summed E-state index contributed by atoms with van der Waals surface area (Å²) in [7, 11) is -4.27. The fraction of sp³-hybridized carbons (Fsp3) is 1.00. The summed E-state index contributed by atoms with van der Waals surface area (Å²) in [5.74, 6) is 0. The van der Waals surface area contributed by atoms with Crippen LogP contribution in [0.15, 0.2) is 0 Å². The topological polar surface area (TPSA) is 82.1 Å². The summed E-state index contributed by atoms with van der Waals surface area (Å²) in [6.45, 7) is 5.55. The zero-order valence-electron chi connectivity index (χ0n) is 21.7. The van der Waals surface area contributed by atoms with Crippen LogP contribution in [0.4, 0.5) is 0 Å². The molecule has 0 radical (unpaired) electrons. The molecule has 0 bridgehead atoms. The van der Waals surface area contributed by atoms with Gasteiger partial charge in [-0.15, -0.1) is 0 Å². The van der Waals surface area contributed by atoms with E-state index in [-0.39, 0.29) is 13.2 Å². The predicted molar refractivity (Wildman–Crippen MR) is 137 cm³/mol. The zero-order valence-corrected chi connectivity index (χ0v) is 22.6. The highest BCUT2D eigenvalue weighted by atomic mass is 32.2. The number of hydrogen-bond acceptors (Lipinski definition) is 5. The van der Waals surface area contributed by atoms with E-state index >= 15 is 0 Å². The molecule has 0 heterocycles. The average Bonchev–Trinajstić information content (AvgIpc) is 2.78. The van der Waals surface area contributed by atoms with Gasteiger partial charge in [0.1, 0.15) is 0 Å². The van der Waals surface area contributed by atoms with Crippen LogP contribution in [0.2, 0.25) is 0 Å². The van der Waals surface area contributed by atoms with Crippen LogP contribution < -0.4 is 0 Å². The second-order valence-electron chi connectivity index (χ2n) is 9.10. The molecule has 1 atom stereocenters. The van der Waals surface area contributed by atoms with Crippen LogP contribution in [0.5, 0.6) is 0 Å². The van der Waals surface area contributed by atoms with Gasteiger partial charge in [-0.1, -0.05) is 116 Å². The van der Waals surface area contributed by atoms with E-state index in [0.29, 0.717) is 19.8 Å². The van der Waals surface area contributed by atoms with Gasteiger partial charge in [-0.25, -0.2) is 0 Å². The molecule has 0 saturated carbocycles. The highest BCUT2D eigenvalue weighted by molar-refractivity contribution is 7.86. The van der Waals surface area contributed by atoms with Gasteiger partial charge in [-0.2, -0.15) is 8.42 Å². The van der Waals surface area contributed by atoms with Crippen LogP contribution >= 0.6 is 0 Å². The summed E-state index contributed by atoms with van der Waals surface area (Å²) < 4.78 is 47.7. The molecule has 1 N–H and O–H groups in total. The molecule has 7 heteroatoms. The van der Waals surface area contributed by atoms with Crippen molar-refractivity contribution in [3.63, 3.8) is 0 Å². The van der Waals surface area contributed by atoms with Gasteiger partial charge in [0, 0.05) is 13.2 Å². The van der Waals surface area contributed by atoms with E-state index in [2.05, 4.69) is 6.92 Å². The van der Waals surface area contributed by atoms with Crippen molar-refractivity contribution in [3.8, 4) is 0 Å². The Labute approximate surface area is 205 Å². The van der Waals surface area contributed by atoms with Crippen molar-refractivity contribution < 1.29 is 27.2 Å². The Hall–Kier alpha value is -0.210. The summed E-state index contributed by atoms with van der Waals surface area (Å²) in [5, 5.41) is 0. The summed E-state index contributed by atoms with van der Waals surface area (Å²) in [6, 6.07) is 0. The molecule has 0 fully saturated rings. The molecule has 0 spiro atoms. The monoisotopic (exact) mass is 494 g/mol. The van der Waals surface area contributed by atoms with Crippen LogP contribution in [0.25, 0.3) is 0 Å². The maximum absolute atomic E-state index is 11.4. The first kappa shape index (κ1) is 32.8. The molecular weight excluding hydrogens is 440 g/mol. The predicted octanol–water partition coefficient (Wildman–Crippen LogP) is 7.31. The Kier molecular flexibility index (Phi) is 24.7. The third-order valence-corrected chi connectivity index (χ3v) is 6.90. The lowest BCUT2D eigenvalue weighted by atomic mass is 10.0. The van der Waals surface area contributed by atoms with Crippen LogP contribution in [0.1, 0.15) is 129 Å². The van der Waals surface area contributed by atoms with E-state index in [1.165, 1.54) is 96.3 Å². The third kappa shape index (κ3) is 24.7. The van der Waals surface area contributed by atoms with Gasteiger partial charge in [0.25, 0.3) is 10.1 Å². The van der Waals surface area contributed by atoms with Gasteiger partial charge in [-0.05, 0) is 13.3 Å². The second kappa shape index (κ2) is 24.9.